The average molecular weight is 507 g/mol. The van der Waals surface area contributed by atoms with E-state index in [9.17, 15) is 0 Å². The van der Waals surface area contributed by atoms with Crippen LogP contribution in [-0.2, 0) is 5.41 Å². The zero-order valence-corrected chi connectivity index (χ0v) is 22.6. The molecule has 4 aromatic carbocycles. The molecule has 196 valence electrons. The first-order valence-electron chi connectivity index (χ1n) is 13.6. The van der Waals surface area contributed by atoms with Gasteiger partial charge in [-0.15, -0.1) is 0 Å². The minimum Gasteiger partial charge on any atom is -0.455 e. The summed E-state index contributed by atoms with van der Waals surface area (Å²) in [5.41, 5.74) is 16.1. The molecular formula is C34H38N2O2. The Balaban J connectivity index is 1.41. The highest BCUT2D eigenvalue weighted by atomic mass is 16.5. The molecular weight excluding hydrogens is 468 g/mol. The van der Waals surface area contributed by atoms with Crippen LogP contribution < -0.4 is 20.9 Å². The molecule has 1 fully saturated rings. The van der Waals surface area contributed by atoms with Gasteiger partial charge in [0.25, 0.3) is 0 Å². The summed E-state index contributed by atoms with van der Waals surface area (Å²) in [6.07, 6.45) is 3.54. The second kappa shape index (κ2) is 10.8. The molecule has 1 saturated carbocycles. The number of rotatable bonds is 7. The second-order valence-electron chi connectivity index (χ2n) is 11.1. The van der Waals surface area contributed by atoms with Gasteiger partial charge in [0.05, 0.1) is 11.4 Å². The number of nitrogen functional groups attached to an aromatic ring is 2. The van der Waals surface area contributed by atoms with Crippen molar-refractivity contribution in [2.24, 2.45) is 11.8 Å². The summed E-state index contributed by atoms with van der Waals surface area (Å²) >= 11 is 0. The Morgan fingerprint density at radius 2 is 1.21 bits per heavy atom. The lowest BCUT2D eigenvalue weighted by atomic mass is 9.58. The summed E-state index contributed by atoms with van der Waals surface area (Å²) in [7, 11) is 0. The first-order chi connectivity index (χ1) is 18.3. The molecule has 1 aliphatic rings. The first kappa shape index (κ1) is 25.7. The highest BCUT2D eigenvalue weighted by molar-refractivity contribution is 5.54. The van der Waals surface area contributed by atoms with Crippen LogP contribution in [0.25, 0.3) is 0 Å². The number of hydrogen-bond donors (Lipinski definition) is 2. The van der Waals surface area contributed by atoms with E-state index in [0.29, 0.717) is 40.6 Å². The van der Waals surface area contributed by atoms with Gasteiger partial charge in [-0.25, -0.2) is 0 Å². The maximum absolute atomic E-state index is 6.08. The van der Waals surface area contributed by atoms with Crippen molar-refractivity contribution < 1.29 is 9.47 Å². The number of anilines is 2. The molecule has 4 aromatic rings. The Hall–Kier alpha value is -3.92. The molecule has 0 heterocycles. The largest absolute Gasteiger partial charge is 0.455 e. The van der Waals surface area contributed by atoms with E-state index in [1.807, 2.05) is 48.5 Å². The molecule has 3 unspecified atom stereocenters. The molecule has 3 atom stereocenters. The third kappa shape index (κ3) is 5.35. The smallest absolute Gasteiger partial charge is 0.150 e. The highest BCUT2D eigenvalue weighted by Gasteiger charge is 2.42. The van der Waals surface area contributed by atoms with E-state index < -0.39 is 0 Å². The predicted molar refractivity (Wildman–Crippen MR) is 157 cm³/mol. The van der Waals surface area contributed by atoms with E-state index in [4.69, 9.17) is 20.9 Å². The van der Waals surface area contributed by atoms with Gasteiger partial charge in [-0.1, -0.05) is 69.3 Å². The van der Waals surface area contributed by atoms with Gasteiger partial charge in [-0.3, -0.25) is 0 Å². The molecule has 1 aliphatic carbocycles. The van der Waals surface area contributed by atoms with Gasteiger partial charge >= 0.3 is 0 Å². The van der Waals surface area contributed by atoms with E-state index in [1.54, 1.807) is 0 Å². The van der Waals surface area contributed by atoms with Crippen molar-refractivity contribution in [3.63, 3.8) is 0 Å². The van der Waals surface area contributed by atoms with Crippen molar-refractivity contribution in [1.82, 2.24) is 0 Å². The lowest BCUT2D eigenvalue weighted by Crippen LogP contribution is -2.37. The summed E-state index contributed by atoms with van der Waals surface area (Å²) in [5.74, 6) is 4.73. The molecule has 0 spiro atoms. The Morgan fingerprint density at radius 3 is 1.71 bits per heavy atom. The standard InChI is InChI=1S/C34H38N2O2/c1-23(2)25-20-21-34(3,26-14-18-28(19-15-26)38-33-11-7-5-9-31(33)36)29(22-25)24-12-16-27(17-13-24)37-32-10-6-4-8-30(32)35/h4-19,23,25,29H,20-22,35-36H2,1-3H3. The van der Waals surface area contributed by atoms with Gasteiger partial charge in [0, 0.05) is 0 Å². The monoisotopic (exact) mass is 506 g/mol. The topological polar surface area (TPSA) is 70.5 Å². The predicted octanol–water partition coefficient (Wildman–Crippen LogP) is 8.93. The number of nitrogens with two attached hydrogens (primary N) is 2. The number of benzene rings is 4. The molecule has 0 radical (unpaired) electrons. The van der Waals surface area contributed by atoms with Crippen molar-refractivity contribution in [3.05, 3.63) is 108 Å². The third-order valence-electron chi connectivity index (χ3n) is 8.37. The normalized spacial score (nSPS) is 21.3. The van der Waals surface area contributed by atoms with Crippen LogP contribution in [0.3, 0.4) is 0 Å². The zero-order chi connectivity index (χ0) is 26.7. The van der Waals surface area contributed by atoms with E-state index in [1.165, 1.54) is 24.0 Å². The lowest BCUT2D eigenvalue weighted by Gasteiger charge is -2.46. The van der Waals surface area contributed by atoms with Crippen LogP contribution in [0.4, 0.5) is 11.4 Å². The molecule has 0 bridgehead atoms. The molecule has 5 rings (SSSR count). The Labute approximate surface area is 226 Å². The molecule has 0 aliphatic heterocycles. The van der Waals surface area contributed by atoms with Crippen LogP contribution in [-0.4, -0.2) is 0 Å². The van der Waals surface area contributed by atoms with Gasteiger partial charge < -0.3 is 20.9 Å². The molecule has 4 N–H and O–H groups in total. The maximum atomic E-state index is 6.08. The Bertz CT molecular complexity index is 1360. The molecule has 0 amide bonds. The molecule has 0 saturated heterocycles. The van der Waals surface area contributed by atoms with Crippen molar-refractivity contribution in [1.29, 1.82) is 0 Å². The van der Waals surface area contributed by atoms with Crippen LogP contribution in [0.15, 0.2) is 97.1 Å². The summed E-state index contributed by atoms with van der Waals surface area (Å²) in [6.45, 7) is 7.13. The summed E-state index contributed by atoms with van der Waals surface area (Å²) < 4.78 is 12.1. The zero-order valence-electron chi connectivity index (χ0n) is 22.6. The number of ether oxygens (including phenoxy) is 2. The SMILES string of the molecule is CC(C)C1CCC(C)(c2ccc(Oc3ccccc3N)cc2)C(c2ccc(Oc3ccccc3N)cc2)C1. The number of hydrogen-bond acceptors (Lipinski definition) is 4. The van der Waals surface area contributed by atoms with Gasteiger partial charge in [0.2, 0.25) is 0 Å². The molecule has 38 heavy (non-hydrogen) atoms. The average Bonchev–Trinajstić information content (AvgIpc) is 2.92. The fourth-order valence-electron chi connectivity index (χ4n) is 5.87. The van der Waals surface area contributed by atoms with E-state index in [-0.39, 0.29) is 5.41 Å². The lowest BCUT2D eigenvalue weighted by molar-refractivity contribution is 0.172. The van der Waals surface area contributed by atoms with E-state index in [2.05, 4.69) is 69.3 Å². The second-order valence-corrected chi connectivity index (χ2v) is 11.1. The van der Waals surface area contributed by atoms with Crippen molar-refractivity contribution >= 4 is 11.4 Å². The third-order valence-corrected chi connectivity index (χ3v) is 8.37. The fraction of sp³-hybridized carbons (Fsp3) is 0.294. The van der Waals surface area contributed by atoms with Gasteiger partial charge in [-0.2, -0.15) is 0 Å². The maximum Gasteiger partial charge on any atom is 0.150 e. The van der Waals surface area contributed by atoms with Gasteiger partial charge in [-0.05, 0) is 102 Å². The fourth-order valence-corrected chi connectivity index (χ4v) is 5.87. The van der Waals surface area contributed by atoms with Crippen molar-refractivity contribution in [2.45, 2.75) is 51.4 Å². The minimum atomic E-state index is 0.0158. The Morgan fingerprint density at radius 1 is 0.711 bits per heavy atom. The van der Waals surface area contributed by atoms with Crippen molar-refractivity contribution in [3.8, 4) is 23.0 Å². The molecule has 4 nitrogen and oxygen atoms in total. The van der Waals surface area contributed by atoms with Gasteiger partial charge in [0.15, 0.2) is 0 Å². The summed E-state index contributed by atoms with van der Waals surface area (Å²) in [4.78, 5) is 0. The minimum absolute atomic E-state index is 0.0158. The number of para-hydroxylation sites is 4. The highest BCUT2D eigenvalue weighted by Crippen LogP contribution is 2.52. The first-order valence-corrected chi connectivity index (χ1v) is 13.6. The quantitative estimate of drug-likeness (QED) is 0.245. The van der Waals surface area contributed by atoms with Gasteiger partial charge in [0.1, 0.15) is 23.0 Å². The summed E-state index contributed by atoms with van der Waals surface area (Å²) in [6, 6.07) is 32.4. The molecule has 0 aromatic heterocycles. The van der Waals surface area contributed by atoms with Crippen LogP contribution in [0.5, 0.6) is 23.0 Å². The van der Waals surface area contributed by atoms with Crippen LogP contribution in [0.2, 0.25) is 0 Å². The molecule has 4 heteroatoms. The Kier molecular flexibility index (Phi) is 7.33. The van der Waals surface area contributed by atoms with Crippen LogP contribution in [0, 0.1) is 11.8 Å². The van der Waals surface area contributed by atoms with E-state index in [0.717, 1.165) is 17.9 Å². The summed E-state index contributed by atoms with van der Waals surface area (Å²) in [5, 5.41) is 0. The van der Waals surface area contributed by atoms with E-state index >= 15 is 0 Å². The van der Waals surface area contributed by atoms with Crippen LogP contribution in [0.1, 0.15) is 57.1 Å². The van der Waals surface area contributed by atoms with Crippen LogP contribution >= 0.6 is 0 Å². The van der Waals surface area contributed by atoms with Crippen molar-refractivity contribution in [2.75, 3.05) is 11.5 Å².